The van der Waals surface area contributed by atoms with Gasteiger partial charge in [-0.1, -0.05) is 32.0 Å². The summed E-state index contributed by atoms with van der Waals surface area (Å²) in [6.07, 6.45) is -1.46. The van der Waals surface area contributed by atoms with Crippen LogP contribution in [0.4, 0.5) is 0 Å². The largest absolute Gasteiger partial charge is 0.491 e. The van der Waals surface area contributed by atoms with Gasteiger partial charge in [0.2, 0.25) is 23.6 Å². The summed E-state index contributed by atoms with van der Waals surface area (Å²) in [4.78, 5) is 66.5. The van der Waals surface area contributed by atoms with Crippen LogP contribution >= 0.6 is 0 Å². The van der Waals surface area contributed by atoms with E-state index in [0.717, 1.165) is 5.56 Å². The van der Waals surface area contributed by atoms with Gasteiger partial charge in [0.1, 0.15) is 43.7 Å². The third-order valence-electron chi connectivity index (χ3n) is 7.67. The molecular weight excluding hydrogens is 610 g/mol. The highest BCUT2D eigenvalue weighted by Gasteiger charge is 2.33. The van der Waals surface area contributed by atoms with Crippen LogP contribution in [0.5, 0.6) is 17.2 Å². The Morgan fingerprint density at radius 3 is 2.30 bits per heavy atom. The maximum absolute atomic E-state index is 13.5. The maximum atomic E-state index is 13.5. The number of hydrogen-bond donors (Lipinski definition) is 6. The number of hydrogen-bond acceptors (Lipinski definition) is 9. The second-order valence-electron chi connectivity index (χ2n) is 12.0. The van der Waals surface area contributed by atoms with Crippen molar-refractivity contribution in [3.05, 3.63) is 53.6 Å². The fraction of sp³-hybridized carbons (Fsp3) is 0.485. The number of aliphatic hydroxyl groups excluding tert-OH is 1. The minimum Gasteiger partial charge on any atom is -0.491 e. The quantitative estimate of drug-likeness (QED) is 0.253. The highest BCUT2D eigenvalue weighted by Crippen LogP contribution is 2.30. The van der Waals surface area contributed by atoms with Crippen LogP contribution in [0.3, 0.4) is 0 Å². The van der Waals surface area contributed by atoms with E-state index >= 15 is 0 Å². The lowest BCUT2D eigenvalue weighted by Gasteiger charge is -2.27. The van der Waals surface area contributed by atoms with Crippen molar-refractivity contribution in [3.63, 3.8) is 0 Å². The van der Waals surface area contributed by atoms with Gasteiger partial charge in [-0.3, -0.25) is 24.0 Å². The molecule has 0 unspecified atom stereocenters. The predicted molar refractivity (Wildman–Crippen MR) is 170 cm³/mol. The number of fused-ring (bicyclic) bond motifs is 2. The first kappa shape index (κ1) is 35.0. The van der Waals surface area contributed by atoms with E-state index in [4.69, 9.17) is 14.2 Å². The average molecular weight is 654 g/mol. The number of benzene rings is 2. The number of carbonyl (C=O) groups excluding carboxylic acids is 5. The van der Waals surface area contributed by atoms with Gasteiger partial charge in [0, 0.05) is 6.54 Å². The molecule has 0 fully saturated rings. The number of para-hydroxylation sites is 1. The van der Waals surface area contributed by atoms with Crippen LogP contribution in [-0.4, -0.2) is 91.3 Å². The van der Waals surface area contributed by atoms with Gasteiger partial charge < -0.3 is 45.9 Å². The van der Waals surface area contributed by atoms with Gasteiger partial charge in [-0.15, -0.1) is 0 Å². The maximum Gasteiger partial charge on any atom is 0.255 e. The molecular formula is C33H43N5O9. The molecule has 4 rings (SSSR count). The molecule has 0 saturated carbocycles. The molecule has 2 aromatic carbocycles. The minimum absolute atomic E-state index is 0.00505. The van der Waals surface area contributed by atoms with Crippen molar-refractivity contribution in [1.82, 2.24) is 26.6 Å². The van der Waals surface area contributed by atoms with Gasteiger partial charge in [0.05, 0.1) is 24.1 Å². The third-order valence-corrected chi connectivity index (χ3v) is 7.67. The Hall–Kier alpha value is -4.85. The zero-order valence-corrected chi connectivity index (χ0v) is 27.0. The van der Waals surface area contributed by atoms with Gasteiger partial charge in [0.25, 0.3) is 5.91 Å². The van der Waals surface area contributed by atoms with Crippen LogP contribution in [0.15, 0.2) is 42.5 Å². The number of rotatable bonds is 6. The fourth-order valence-corrected chi connectivity index (χ4v) is 5.11. The average Bonchev–Trinajstić information content (AvgIpc) is 3.04. The minimum atomic E-state index is -1.44. The molecule has 2 aromatic rings. The molecule has 0 aromatic heterocycles. The molecule has 47 heavy (non-hydrogen) atoms. The summed E-state index contributed by atoms with van der Waals surface area (Å²) in [6, 6.07) is 7.58. The van der Waals surface area contributed by atoms with Crippen molar-refractivity contribution in [3.8, 4) is 17.2 Å². The first-order valence-electron chi connectivity index (χ1n) is 15.7. The number of amides is 5. The van der Waals surface area contributed by atoms with E-state index in [1.807, 2.05) is 12.1 Å². The number of ether oxygens (including phenoxy) is 3. The van der Waals surface area contributed by atoms with Gasteiger partial charge >= 0.3 is 0 Å². The number of aliphatic hydroxyl groups is 1. The molecule has 0 radical (unpaired) electrons. The topological polar surface area (TPSA) is 193 Å². The van der Waals surface area contributed by atoms with E-state index in [1.54, 1.807) is 45.0 Å². The van der Waals surface area contributed by atoms with E-state index in [1.165, 1.54) is 13.0 Å². The molecule has 14 nitrogen and oxygen atoms in total. The van der Waals surface area contributed by atoms with Crippen LogP contribution in [0.1, 0.15) is 50.0 Å². The molecule has 5 amide bonds. The van der Waals surface area contributed by atoms with Gasteiger partial charge in [-0.25, -0.2) is 0 Å². The predicted octanol–water partition coefficient (Wildman–Crippen LogP) is 0.209. The standard InChI is InChI=1S/C33H43N5O9/c1-18(2)28-32(43)35-19(3)17-47-24-8-6-5-7-22(24)30(41)36-23(16-27(40)37-29(20(4)39)33(44)38-28)31(42)34-12-11-21-9-10-25-26(15-21)46-14-13-45-25/h5-10,15,18-20,23,28-29,39H,11-14,16-17H2,1-4H3,(H,34,42)(H,35,43)(H,36,41)(H,37,40)(H,38,44)/t19-,20+,23-,28+,29-/m0/s1. The van der Waals surface area contributed by atoms with E-state index < -0.39 is 66.2 Å². The monoisotopic (exact) mass is 653 g/mol. The van der Waals surface area contributed by atoms with Crippen LogP contribution < -0.4 is 40.8 Å². The van der Waals surface area contributed by atoms with Crippen LogP contribution in [0.25, 0.3) is 0 Å². The molecule has 14 heteroatoms. The van der Waals surface area contributed by atoms with Gasteiger partial charge in [-0.2, -0.15) is 0 Å². The smallest absolute Gasteiger partial charge is 0.255 e. The molecule has 2 aliphatic heterocycles. The van der Waals surface area contributed by atoms with Gasteiger partial charge in [0.15, 0.2) is 11.5 Å². The summed E-state index contributed by atoms with van der Waals surface area (Å²) >= 11 is 0. The van der Waals surface area contributed by atoms with Crippen LogP contribution in [0, 0.1) is 5.92 Å². The van der Waals surface area contributed by atoms with Gasteiger partial charge in [-0.05, 0) is 56.0 Å². The van der Waals surface area contributed by atoms with Crippen molar-refractivity contribution in [2.45, 2.75) is 70.8 Å². The van der Waals surface area contributed by atoms with E-state index in [0.29, 0.717) is 31.1 Å². The Kier molecular flexibility index (Phi) is 12.0. The molecule has 0 bridgehead atoms. The second-order valence-corrected chi connectivity index (χ2v) is 12.0. The molecule has 6 N–H and O–H groups in total. The molecule has 2 aliphatic rings. The third kappa shape index (κ3) is 9.58. The van der Waals surface area contributed by atoms with Crippen molar-refractivity contribution in [2.75, 3.05) is 26.4 Å². The summed E-state index contributed by atoms with van der Waals surface area (Å²) in [6.45, 7) is 7.60. The SMILES string of the molecule is CC(C)[C@H]1NC(=O)[C@H]([C@@H](C)O)NC(=O)C[C@@H](C(=O)NCCc2ccc3c(c2)OCCO3)NC(=O)c2ccccc2OC[C@H](C)NC1=O. The number of carbonyl (C=O) groups is 5. The molecule has 0 spiro atoms. The lowest BCUT2D eigenvalue weighted by atomic mass is 10.0. The first-order valence-corrected chi connectivity index (χ1v) is 15.7. The highest BCUT2D eigenvalue weighted by atomic mass is 16.6. The van der Waals surface area contributed by atoms with Crippen molar-refractivity contribution in [2.24, 2.45) is 5.92 Å². The van der Waals surface area contributed by atoms with E-state index in [9.17, 15) is 29.1 Å². The molecule has 2 heterocycles. The summed E-state index contributed by atoms with van der Waals surface area (Å²) in [7, 11) is 0. The van der Waals surface area contributed by atoms with E-state index in [2.05, 4.69) is 26.6 Å². The Morgan fingerprint density at radius 1 is 0.872 bits per heavy atom. The molecule has 0 aliphatic carbocycles. The highest BCUT2D eigenvalue weighted by molar-refractivity contribution is 6.01. The summed E-state index contributed by atoms with van der Waals surface area (Å²) in [5.74, 6) is -2.23. The zero-order valence-electron chi connectivity index (χ0n) is 27.0. The lowest BCUT2D eigenvalue weighted by molar-refractivity contribution is -0.135. The molecule has 254 valence electrons. The first-order chi connectivity index (χ1) is 22.4. The summed E-state index contributed by atoms with van der Waals surface area (Å²) in [5.41, 5.74) is 0.993. The van der Waals surface area contributed by atoms with Crippen LogP contribution in [0.2, 0.25) is 0 Å². The zero-order chi connectivity index (χ0) is 34.1. The molecule has 5 atom stereocenters. The number of nitrogens with one attached hydrogen (secondary N) is 5. The van der Waals surface area contributed by atoms with Crippen LogP contribution in [-0.2, 0) is 25.6 Å². The lowest BCUT2D eigenvalue weighted by Crippen LogP contribution is -2.59. The van der Waals surface area contributed by atoms with Crippen molar-refractivity contribution in [1.29, 1.82) is 0 Å². The normalized spacial score (nSPS) is 23.1. The summed E-state index contributed by atoms with van der Waals surface area (Å²) in [5, 5.41) is 23.7. The summed E-state index contributed by atoms with van der Waals surface area (Å²) < 4.78 is 17.1. The Morgan fingerprint density at radius 2 is 1.57 bits per heavy atom. The Bertz CT molecular complexity index is 1460. The van der Waals surface area contributed by atoms with Crippen molar-refractivity contribution >= 4 is 29.5 Å². The Balaban J connectivity index is 1.56. The Labute approximate surface area is 273 Å². The second kappa shape index (κ2) is 16.1. The fourth-order valence-electron chi connectivity index (χ4n) is 5.11. The molecule has 0 saturated heterocycles. The van der Waals surface area contributed by atoms with E-state index in [-0.39, 0.29) is 30.4 Å². The van der Waals surface area contributed by atoms with Crippen molar-refractivity contribution < 1.29 is 43.3 Å².